The summed E-state index contributed by atoms with van der Waals surface area (Å²) in [6.07, 6.45) is 5.88. The van der Waals surface area contributed by atoms with Crippen molar-refractivity contribution in [2.45, 2.75) is 19.4 Å². The second-order valence-corrected chi connectivity index (χ2v) is 4.90. The van der Waals surface area contributed by atoms with Crippen LogP contribution < -0.4 is 5.73 Å². The van der Waals surface area contributed by atoms with Gasteiger partial charge in [-0.15, -0.1) is 0 Å². The van der Waals surface area contributed by atoms with E-state index in [1.807, 2.05) is 36.7 Å². The minimum Gasteiger partial charge on any atom is -0.399 e. The highest BCUT2D eigenvalue weighted by atomic mass is 15.1. The fraction of sp³-hybridized carbons (Fsp3) is 0.312. The molecule has 0 spiro atoms. The Hall–Kier alpha value is -1.87. The summed E-state index contributed by atoms with van der Waals surface area (Å²) in [4.78, 5) is 6.45. The number of nitrogens with two attached hydrogens (primary N) is 1. The van der Waals surface area contributed by atoms with Gasteiger partial charge in [0.1, 0.15) is 0 Å². The molecule has 0 fully saturated rings. The molecule has 0 atom stereocenters. The van der Waals surface area contributed by atoms with E-state index in [0.717, 1.165) is 31.6 Å². The SMILES string of the molecule is CN(CCCc1ccccc1N)Cc1cccnc1. The van der Waals surface area contributed by atoms with E-state index in [1.54, 1.807) is 0 Å². The molecule has 0 unspecified atom stereocenters. The van der Waals surface area contributed by atoms with Gasteiger partial charge in [-0.25, -0.2) is 0 Å². The number of para-hydroxylation sites is 1. The first-order valence-corrected chi connectivity index (χ1v) is 6.66. The second-order valence-electron chi connectivity index (χ2n) is 4.90. The predicted octanol–water partition coefficient (Wildman–Crippen LogP) is 2.73. The molecule has 2 aromatic rings. The maximum absolute atomic E-state index is 5.94. The summed E-state index contributed by atoms with van der Waals surface area (Å²) in [5.74, 6) is 0. The number of nitrogen functional groups attached to an aromatic ring is 1. The van der Waals surface area contributed by atoms with E-state index in [2.05, 4.69) is 29.1 Å². The molecule has 1 aromatic heterocycles. The van der Waals surface area contributed by atoms with Gasteiger partial charge in [0, 0.05) is 24.6 Å². The number of benzene rings is 1. The minimum absolute atomic E-state index is 0.900. The molecule has 0 bridgehead atoms. The molecule has 0 saturated heterocycles. The number of nitrogens with zero attached hydrogens (tertiary/aromatic N) is 2. The van der Waals surface area contributed by atoms with Crippen LogP contribution in [0.5, 0.6) is 0 Å². The Morgan fingerprint density at radius 1 is 1.16 bits per heavy atom. The third-order valence-electron chi connectivity index (χ3n) is 3.22. The molecule has 0 amide bonds. The first-order valence-electron chi connectivity index (χ1n) is 6.66. The lowest BCUT2D eigenvalue weighted by atomic mass is 10.1. The largest absolute Gasteiger partial charge is 0.399 e. The summed E-state index contributed by atoms with van der Waals surface area (Å²) < 4.78 is 0. The number of rotatable bonds is 6. The fourth-order valence-electron chi connectivity index (χ4n) is 2.18. The van der Waals surface area contributed by atoms with Crippen LogP contribution in [0.15, 0.2) is 48.8 Å². The third kappa shape index (κ3) is 4.38. The molecule has 2 N–H and O–H groups in total. The average Bonchev–Trinajstić information content (AvgIpc) is 2.42. The summed E-state index contributed by atoms with van der Waals surface area (Å²) >= 11 is 0. The minimum atomic E-state index is 0.900. The van der Waals surface area contributed by atoms with Crippen LogP contribution in [-0.4, -0.2) is 23.5 Å². The number of aromatic nitrogens is 1. The van der Waals surface area contributed by atoms with E-state index in [9.17, 15) is 0 Å². The van der Waals surface area contributed by atoms with E-state index < -0.39 is 0 Å². The first kappa shape index (κ1) is 13.6. The van der Waals surface area contributed by atoms with Crippen LogP contribution in [-0.2, 0) is 13.0 Å². The zero-order valence-corrected chi connectivity index (χ0v) is 11.4. The van der Waals surface area contributed by atoms with Crippen molar-refractivity contribution in [2.75, 3.05) is 19.3 Å². The number of anilines is 1. The first-order chi connectivity index (χ1) is 9.25. The molecular formula is C16H21N3. The summed E-state index contributed by atoms with van der Waals surface area (Å²) in [6, 6.07) is 12.2. The molecular weight excluding hydrogens is 234 g/mol. The van der Waals surface area contributed by atoms with Crippen molar-refractivity contribution >= 4 is 5.69 Å². The zero-order valence-electron chi connectivity index (χ0n) is 11.4. The van der Waals surface area contributed by atoms with Crippen LogP contribution >= 0.6 is 0 Å². The molecule has 100 valence electrons. The molecule has 1 heterocycles. The zero-order chi connectivity index (χ0) is 13.5. The van der Waals surface area contributed by atoms with Crippen LogP contribution in [0, 0.1) is 0 Å². The van der Waals surface area contributed by atoms with Gasteiger partial charge in [-0.1, -0.05) is 24.3 Å². The van der Waals surface area contributed by atoms with Gasteiger partial charge in [0.25, 0.3) is 0 Å². The Morgan fingerprint density at radius 3 is 2.74 bits per heavy atom. The van der Waals surface area contributed by atoms with Crippen molar-refractivity contribution in [3.05, 3.63) is 59.9 Å². The van der Waals surface area contributed by atoms with Crippen molar-refractivity contribution in [1.82, 2.24) is 9.88 Å². The van der Waals surface area contributed by atoms with Gasteiger partial charge in [-0.05, 0) is 49.7 Å². The monoisotopic (exact) mass is 255 g/mol. The Morgan fingerprint density at radius 2 is 2.00 bits per heavy atom. The maximum atomic E-state index is 5.94. The molecule has 0 aliphatic heterocycles. The van der Waals surface area contributed by atoms with Gasteiger partial charge in [-0.3, -0.25) is 4.98 Å². The Balaban J connectivity index is 1.75. The van der Waals surface area contributed by atoms with Crippen molar-refractivity contribution in [1.29, 1.82) is 0 Å². The molecule has 3 nitrogen and oxygen atoms in total. The van der Waals surface area contributed by atoms with Gasteiger partial charge >= 0.3 is 0 Å². The quantitative estimate of drug-likeness (QED) is 0.807. The van der Waals surface area contributed by atoms with E-state index in [4.69, 9.17) is 5.73 Å². The van der Waals surface area contributed by atoms with Crippen LogP contribution in [0.4, 0.5) is 5.69 Å². The number of aryl methyl sites for hydroxylation is 1. The van der Waals surface area contributed by atoms with Crippen LogP contribution in [0.25, 0.3) is 0 Å². The second kappa shape index (κ2) is 6.90. The number of pyridine rings is 1. The highest BCUT2D eigenvalue weighted by Crippen LogP contribution is 2.13. The van der Waals surface area contributed by atoms with Crippen LogP contribution in [0.3, 0.4) is 0 Å². The lowest BCUT2D eigenvalue weighted by Crippen LogP contribution is -2.19. The molecule has 3 heteroatoms. The maximum Gasteiger partial charge on any atom is 0.0346 e. The fourth-order valence-corrected chi connectivity index (χ4v) is 2.18. The number of hydrogen-bond acceptors (Lipinski definition) is 3. The molecule has 1 aromatic carbocycles. The topological polar surface area (TPSA) is 42.1 Å². The van der Waals surface area contributed by atoms with Crippen molar-refractivity contribution in [3.8, 4) is 0 Å². The van der Waals surface area contributed by atoms with E-state index in [0.29, 0.717) is 0 Å². The molecule has 2 rings (SSSR count). The lowest BCUT2D eigenvalue weighted by Gasteiger charge is -2.16. The van der Waals surface area contributed by atoms with Crippen molar-refractivity contribution in [2.24, 2.45) is 0 Å². The van der Waals surface area contributed by atoms with Gasteiger partial charge in [0.15, 0.2) is 0 Å². The molecule has 0 aliphatic carbocycles. The summed E-state index contributed by atoms with van der Waals surface area (Å²) in [7, 11) is 2.14. The highest BCUT2D eigenvalue weighted by Gasteiger charge is 2.02. The summed E-state index contributed by atoms with van der Waals surface area (Å²) in [5.41, 5.74) is 9.34. The Kier molecular flexibility index (Phi) is 4.93. The highest BCUT2D eigenvalue weighted by molar-refractivity contribution is 5.46. The summed E-state index contributed by atoms with van der Waals surface area (Å²) in [5, 5.41) is 0. The van der Waals surface area contributed by atoms with Crippen molar-refractivity contribution in [3.63, 3.8) is 0 Å². The van der Waals surface area contributed by atoms with E-state index in [1.165, 1.54) is 11.1 Å². The van der Waals surface area contributed by atoms with Gasteiger partial charge in [0.05, 0.1) is 0 Å². The van der Waals surface area contributed by atoms with Crippen LogP contribution in [0.1, 0.15) is 17.5 Å². The summed E-state index contributed by atoms with van der Waals surface area (Å²) in [6.45, 7) is 2.00. The van der Waals surface area contributed by atoms with Gasteiger partial charge in [0.2, 0.25) is 0 Å². The van der Waals surface area contributed by atoms with Crippen LogP contribution in [0.2, 0.25) is 0 Å². The lowest BCUT2D eigenvalue weighted by molar-refractivity contribution is 0.322. The Labute approximate surface area is 115 Å². The number of hydrogen-bond donors (Lipinski definition) is 1. The normalized spacial score (nSPS) is 10.8. The average molecular weight is 255 g/mol. The molecule has 0 radical (unpaired) electrons. The third-order valence-corrected chi connectivity index (χ3v) is 3.22. The van der Waals surface area contributed by atoms with Gasteiger partial charge in [-0.2, -0.15) is 0 Å². The standard InChI is InChI=1S/C16H21N3/c1-19(13-14-6-4-10-18-12-14)11-5-8-15-7-2-3-9-16(15)17/h2-4,6-7,9-10,12H,5,8,11,13,17H2,1H3. The van der Waals surface area contributed by atoms with Crippen molar-refractivity contribution < 1.29 is 0 Å². The van der Waals surface area contributed by atoms with Gasteiger partial charge < -0.3 is 10.6 Å². The predicted molar refractivity (Wildman–Crippen MR) is 79.7 cm³/mol. The van der Waals surface area contributed by atoms with E-state index >= 15 is 0 Å². The molecule has 19 heavy (non-hydrogen) atoms. The molecule has 0 aliphatic rings. The Bertz CT molecular complexity index is 496. The van der Waals surface area contributed by atoms with E-state index in [-0.39, 0.29) is 0 Å². The molecule has 0 saturated carbocycles. The smallest absolute Gasteiger partial charge is 0.0346 e.